The minimum Gasteiger partial charge on any atom is -0.336 e. The summed E-state index contributed by atoms with van der Waals surface area (Å²) in [5, 5.41) is 0. The Morgan fingerprint density at radius 1 is 1.36 bits per heavy atom. The number of carbonyl (C=O) groups excluding carboxylic acids is 2. The molecule has 2 heterocycles. The third-order valence-corrected chi connectivity index (χ3v) is 5.18. The van der Waals surface area contributed by atoms with Gasteiger partial charge in [-0.3, -0.25) is 9.59 Å². The monoisotopic (exact) mass is 301 g/mol. The number of nitrogens with zero attached hydrogens (tertiary/aromatic N) is 2. The molecule has 1 aromatic rings. The lowest BCUT2D eigenvalue weighted by Crippen LogP contribution is -2.61. The number of hydrogen-bond donors (Lipinski definition) is 1. The topological polar surface area (TPSA) is 66.6 Å². The highest BCUT2D eigenvalue weighted by molar-refractivity contribution is 5.82. The number of fused-ring (bicyclic) bond motifs is 1. The van der Waals surface area contributed by atoms with E-state index in [1.165, 1.54) is 0 Å². The van der Waals surface area contributed by atoms with E-state index in [0.29, 0.717) is 19.5 Å². The molecule has 0 bridgehead atoms. The Bertz CT molecular complexity index is 575. The van der Waals surface area contributed by atoms with Crippen LogP contribution in [-0.2, 0) is 16.1 Å². The molecule has 3 rings (SSSR count). The van der Waals surface area contributed by atoms with Crippen molar-refractivity contribution in [3.63, 3.8) is 0 Å². The SMILES string of the molecule is C[C@]12CCN(C(=O)CN)[C@H]1CCC(=O)N2Cc1ccccc1. The maximum atomic E-state index is 12.5. The fourth-order valence-corrected chi connectivity index (χ4v) is 3.92. The van der Waals surface area contributed by atoms with E-state index >= 15 is 0 Å². The molecule has 2 saturated heterocycles. The van der Waals surface area contributed by atoms with Crippen LogP contribution in [0.3, 0.4) is 0 Å². The lowest BCUT2D eigenvalue weighted by molar-refractivity contribution is -0.147. The molecule has 22 heavy (non-hydrogen) atoms. The summed E-state index contributed by atoms with van der Waals surface area (Å²) in [4.78, 5) is 28.4. The van der Waals surface area contributed by atoms with Gasteiger partial charge in [0.2, 0.25) is 11.8 Å². The molecule has 0 saturated carbocycles. The summed E-state index contributed by atoms with van der Waals surface area (Å²) in [6.45, 7) is 3.45. The predicted octanol–water partition coefficient (Wildman–Crippen LogP) is 1.13. The maximum Gasteiger partial charge on any atom is 0.236 e. The van der Waals surface area contributed by atoms with Gasteiger partial charge in [0.05, 0.1) is 18.1 Å². The molecule has 2 atom stereocenters. The van der Waals surface area contributed by atoms with Crippen LogP contribution in [-0.4, -0.2) is 46.3 Å². The molecule has 0 aromatic heterocycles. The molecule has 2 aliphatic rings. The Morgan fingerprint density at radius 2 is 2.09 bits per heavy atom. The average molecular weight is 301 g/mol. The van der Waals surface area contributed by atoms with Crippen LogP contribution in [0, 0.1) is 0 Å². The molecule has 2 fully saturated rings. The largest absolute Gasteiger partial charge is 0.336 e. The predicted molar refractivity (Wildman–Crippen MR) is 83.8 cm³/mol. The Labute approximate surface area is 131 Å². The fraction of sp³-hybridized carbons (Fsp3) is 0.529. The van der Waals surface area contributed by atoms with Gasteiger partial charge < -0.3 is 15.5 Å². The third-order valence-electron chi connectivity index (χ3n) is 5.18. The molecule has 1 aromatic carbocycles. The van der Waals surface area contributed by atoms with Gasteiger partial charge in [0.25, 0.3) is 0 Å². The first-order valence-electron chi connectivity index (χ1n) is 7.90. The zero-order chi connectivity index (χ0) is 15.7. The number of hydrogen-bond acceptors (Lipinski definition) is 3. The van der Waals surface area contributed by atoms with Gasteiger partial charge >= 0.3 is 0 Å². The Hall–Kier alpha value is -1.88. The summed E-state index contributed by atoms with van der Waals surface area (Å²) < 4.78 is 0. The number of amides is 2. The van der Waals surface area contributed by atoms with Crippen molar-refractivity contribution in [3.05, 3.63) is 35.9 Å². The minimum atomic E-state index is -0.282. The first-order chi connectivity index (χ1) is 10.6. The van der Waals surface area contributed by atoms with Crippen LogP contribution in [0.4, 0.5) is 0 Å². The number of carbonyl (C=O) groups is 2. The molecule has 0 radical (unpaired) electrons. The second-order valence-corrected chi connectivity index (χ2v) is 6.42. The standard InChI is InChI=1S/C17H23N3O2/c1-17-9-10-19(16(22)11-18)14(17)7-8-15(21)20(17)12-13-5-3-2-4-6-13/h2-6,14H,7-12,18H2,1H3/t14-,17-/m0/s1. The molecular formula is C17H23N3O2. The van der Waals surface area contributed by atoms with Crippen molar-refractivity contribution in [3.8, 4) is 0 Å². The zero-order valence-electron chi connectivity index (χ0n) is 13.0. The van der Waals surface area contributed by atoms with Gasteiger partial charge in [-0.25, -0.2) is 0 Å². The fourth-order valence-electron chi connectivity index (χ4n) is 3.92. The highest BCUT2D eigenvalue weighted by Gasteiger charge is 2.52. The van der Waals surface area contributed by atoms with Crippen molar-refractivity contribution in [1.82, 2.24) is 9.80 Å². The van der Waals surface area contributed by atoms with E-state index in [0.717, 1.165) is 18.4 Å². The quantitative estimate of drug-likeness (QED) is 0.910. The van der Waals surface area contributed by atoms with Gasteiger partial charge in [0.15, 0.2) is 0 Å². The Balaban J connectivity index is 1.86. The van der Waals surface area contributed by atoms with E-state index in [2.05, 4.69) is 6.92 Å². The van der Waals surface area contributed by atoms with Crippen LogP contribution < -0.4 is 5.73 Å². The summed E-state index contributed by atoms with van der Waals surface area (Å²) in [6.07, 6.45) is 2.07. The van der Waals surface area contributed by atoms with Crippen LogP contribution in [0.2, 0.25) is 0 Å². The van der Waals surface area contributed by atoms with Crippen molar-refractivity contribution >= 4 is 11.8 Å². The smallest absolute Gasteiger partial charge is 0.236 e. The van der Waals surface area contributed by atoms with Crippen LogP contribution in [0.1, 0.15) is 31.7 Å². The van der Waals surface area contributed by atoms with Crippen LogP contribution >= 0.6 is 0 Å². The molecule has 2 N–H and O–H groups in total. The maximum absolute atomic E-state index is 12.5. The van der Waals surface area contributed by atoms with E-state index in [4.69, 9.17) is 5.73 Å². The summed E-state index contributed by atoms with van der Waals surface area (Å²) in [7, 11) is 0. The molecule has 2 aliphatic heterocycles. The van der Waals surface area contributed by atoms with E-state index in [1.807, 2.05) is 40.1 Å². The summed E-state index contributed by atoms with van der Waals surface area (Å²) in [5.41, 5.74) is 6.38. The van der Waals surface area contributed by atoms with Gasteiger partial charge in [-0.05, 0) is 25.3 Å². The van der Waals surface area contributed by atoms with Gasteiger partial charge in [0, 0.05) is 19.5 Å². The van der Waals surface area contributed by atoms with Crippen LogP contribution in [0.5, 0.6) is 0 Å². The normalized spacial score (nSPS) is 27.9. The van der Waals surface area contributed by atoms with Crippen molar-refractivity contribution in [2.75, 3.05) is 13.1 Å². The molecule has 2 amide bonds. The summed E-state index contributed by atoms with van der Waals surface area (Å²) in [6, 6.07) is 10.1. The van der Waals surface area contributed by atoms with Crippen molar-refractivity contribution in [2.24, 2.45) is 5.73 Å². The lowest BCUT2D eigenvalue weighted by atomic mass is 9.83. The van der Waals surface area contributed by atoms with E-state index in [-0.39, 0.29) is 29.9 Å². The van der Waals surface area contributed by atoms with Gasteiger partial charge in [0.1, 0.15) is 0 Å². The van der Waals surface area contributed by atoms with Crippen molar-refractivity contribution in [1.29, 1.82) is 0 Å². The number of likely N-dealkylation sites (tertiary alicyclic amines) is 2. The molecule has 0 unspecified atom stereocenters. The molecule has 118 valence electrons. The first kappa shape index (κ1) is 15.0. The second-order valence-electron chi connectivity index (χ2n) is 6.42. The highest BCUT2D eigenvalue weighted by atomic mass is 16.2. The Kier molecular flexibility index (Phi) is 3.91. The summed E-state index contributed by atoms with van der Waals surface area (Å²) >= 11 is 0. The average Bonchev–Trinajstić information content (AvgIpc) is 2.88. The first-order valence-corrected chi connectivity index (χ1v) is 7.90. The molecule has 5 nitrogen and oxygen atoms in total. The Morgan fingerprint density at radius 3 is 2.77 bits per heavy atom. The van der Waals surface area contributed by atoms with Gasteiger partial charge in [-0.1, -0.05) is 30.3 Å². The third kappa shape index (κ3) is 2.39. The second kappa shape index (κ2) is 5.72. The molecular weight excluding hydrogens is 278 g/mol. The molecule has 0 spiro atoms. The number of rotatable bonds is 3. The number of nitrogens with two attached hydrogens (primary N) is 1. The van der Waals surface area contributed by atoms with E-state index < -0.39 is 0 Å². The van der Waals surface area contributed by atoms with Crippen molar-refractivity contribution < 1.29 is 9.59 Å². The minimum absolute atomic E-state index is 0.0114. The molecule has 5 heteroatoms. The highest BCUT2D eigenvalue weighted by Crippen LogP contribution is 2.41. The van der Waals surface area contributed by atoms with E-state index in [9.17, 15) is 9.59 Å². The van der Waals surface area contributed by atoms with Crippen LogP contribution in [0.25, 0.3) is 0 Å². The lowest BCUT2D eigenvalue weighted by Gasteiger charge is -2.47. The number of benzene rings is 1. The number of piperidine rings is 1. The van der Waals surface area contributed by atoms with Crippen LogP contribution in [0.15, 0.2) is 30.3 Å². The van der Waals surface area contributed by atoms with Gasteiger partial charge in [-0.15, -0.1) is 0 Å². The zero-order valence-corrected chi connectivity index (χ0v) is 13.0. The van der Waals surface area contributed by atoms with Crippen molar-refractivity contribution in [2.45, 2.75) is 44.3 Å². The van der Waals surface area contributed by atoms with E-state index in [1.54, 1.807) is 0 Å². The summed E-state index contributed by atoms with van der Waals surface area (Å²) in [5.74, 6) is 0.174. The molecule has 0 aliphatic carbocycles. The van der Waals surface area contributed by atoms with Gasteiger partial charge in [-0.2, -0.15) is 0 Å².